The summed E-state index contributed by atoms with van der Waals surface area (Å²) in [5, 5.41) is 10.8. The molecular formula is C25H27F3O. The van der Waals surface area contributed by atoms with Crippen LogP contribution in [0.25, 0.3) is 11.1 Å². The van der Waals surface area contributed by atoms with Crippen molar-refractivity contribution in [2.45, 2.75) is 51.3 Å². The van der Waals surface area contributed by atoms with E-state index in [1.807, 2.05) is 48.6 Å². The van der Waals surface area contributed by atoms with E-state index in [0.29, 0.717) is 5.56 Å². The van der Waals surface area contributed by atoms with Crippen molar-refractivity contribution in [3.63, 3.8) is 0 Å². The molecule has 0 radical (unpaired) electrons. The average molecular weight is 400 g/mol. The number of allylic oxidation sites excluding steroid dienone is 4. The molecule has 29 heavy (non-hydrogen) atoms. The fourth-order valence-electron chi connectivity index (χ4n) is 4.06. The molecule has 1 nitrogen and oxygen atoms in total. The van der Waals surface area contributed by atoms with E-state index in [9.17, 15) is 18.3 Å². The third kappa shape index (κ3) is 4.99. The second-order valence-corrected chi connectivity index (χ2v) is 8.49. The van der Waals surface area contributed by atoms with Gasteiger partial charge < -0.3 is 5.11 Å². The normalized spacial score (nSPS) is 17.0. The van der Waals surface area contributed by atoms with Crippen LogP contribution in [0, 0.1) is 5.41 Å². The predicted molar refractivity (Wildman–Crippen MR) is 111 cm³/mol. The summed E-state index contributed by atoms with van der Waals surface area (Å²) in [6, 6.07) is 16.6. The molecule has 0 saturated heterocycles. The molecule has 1 aliphatic carbocycles. The molecule has 0 bridgehead atoms. The van der Waals surface area contributed by atoms with Crippen LogP contribution in [0.4, 0.5) is 13.2 Å². The van der Waals surface area contributed by atoms with Crippen LogP contribution in [0.15, 0.2) is 78.4 Å². The van der Waals surface area contributed by atoms with Crippen LogP contribution in [0.3, 0.4) is 0 Å². The molecule has 3 rings (SSSR count). The van der Waals surface area contributed by atoms with E-state index < -0.39 is 23.6 Å². The molecule has 154 valence electrons. The average Bonchev–Trinajstić information content (AvgIpc) is 2.69. The van der Waals surface area contributed by atoms with Gasteiger partial charge in [0.05, 0.1) is 0 Å². The van der Waals surface area contributed by atoms with Crippen molar-refractivity contribution in [1.82, 2.24) is 0 Å². The van der Waals surface area contributed by atoms with Crippen LogP contribution in [0.1, 0.15) is 38.7 Å². The number of aliphatic hydroxyl groups is 1. The zero-order valence-electron chi connectivity index (χ0n) is 16.8. The largest absolute Gasteiger partial charge is 0.417 e. The summed E-state index contributed by atoms with van der Waals surface area (Å²) in [5.41, 5.74) is -0.181. The maximum atomic E-state index is 13.9. The monoisotopic (exact) mass is 400 g/mol. The van der Waals surface area contributed by atoms with Gasteiger partial charge in [-0.3, -0.25) is 0 Å². The van der Waals surface area contributed by atoms with E-state index in [0.717, 1.165) is 29.5 Å². The first-order chi connectivity index (χ1) is 13.6. The van der Waals surface area contributed by atoms with Crippen LogP contribution in [0.2, 0.25) is 0 Å². The maximum absolute atomic E-state index is 13.9. The topological polar surface area (TPSA) is 20.2 Å². The molecule has 0 aliphatic heterocycles. The van der Waals surface area contributed by atoms with Gasteiger partial charge >= 0.3 is 6.18 Å². The number of hydrogen-bond donors (Lipinski definition) is 1. The van der Waals surface area contributed by atoms with Crippen molar-refractivity contribution in [2.24, 2.45) is 5.41 Å². The Hall–Kier alpha value is -2.33. The second kappa shape index (κ2) is 8.19. The number of rotatable bonds is 6. The Morgan fingerprint density at radius 1 is 0.897 bits per heavy atom. The van der Waals surface area contributed by atoms with Crippen LogP contribution in [-0.4, -0.2) is 16.9 Å². The van der Waals surface area contributed by atoms with Gasteiger partial charge in [0.2, 0.25) is 0 Å². The zero-order chi connectivity index (χ0) is 21.1. The van der Waals surface area contributed by atoms with E-state index in [-0.39, 0.29) is 6.42 Å². The molecule has 2 aromatic rings. The highest BCUT2D eigenvalue weighted by Gasteiger charge is 2.55. The van der Waals surface area contributed by atoms with Gasteiger partial charge in [-0.05, 0) is 41.4 Å². The molecule has 0 fully saturated rings. The highest BCUT2D eigenvalue weighted by molar-refractivity contribution is 5.63. The Bertz CT molecular complexity index is 877. The SMILES string of the molecule is CC(C)(CC(O)(Cc1ccc(-c2ccccc2)cc1)C(F)(F)F)C1=CC=CCC1. The Kier molecular flexibility index (Phi) is 6.04. The first-order valence-corrected chi connectivity index (χ1v) is 9.90. The number of alkyl halides is 3. The molecule has 2 aromatic carbocycles. The minimum atomic E-state index is -4.71. The summed E-state index contributed by atoms with van der Waals surface area (Å²) in [7, 11) is 0. The lowest BCUT2D eigenvalue weighted by Gasteiger charge is -2.39. The van der Waals surface area contributed by atoms with Crippen molar-refractivity contribution in [1.29, 1.82) is 0 Å². The molecule has 0 saturated carbocycles. The van der Waals surface area contributed by atoms with E-state index in [4.69, 9.17) is 0 Å². The molecule has 0 spiro atoms. The molecule has 1 aliphatic rings. The van der Waals surface area contributed by atoms with E-state index in [1.54, 1.807) is 38.1 Å². The predicted octanol–water partition coefficient (Wildman–Crippen LogP) is 6.88. The number of benzene rings is 2. The van der Waals surface area contributed by atoms with Gasteiger partial charge in [-0.25, -0.2) is 0 Å². The lowest BCUT2D eigenvalue weighted by molar-refractivity contribution is -0.268. The Balaban J connectivity index is 1.83. The van der Waals surface area contributed by atoms with Crippen molar-refractivity contribution >= 4 is 0 Å². The molecule has 0 amide bonds. The van der Waals surface area contributed by atoms with Gasteiger partial charge in [0.15, 0.2) is 5.60 Å². The molecule has 1 N–H and O–H groups in total. The van der Waals surface area contributed by atoms with Gasteiger partial charge in [0.25, 0.3) is 0 Å². The summed E-state index contributed by atoms with van der Waals surface area (Å²) < 4.78 is 41.8. The molecule has 0 aromatic heterocycles. The molecule has 4 heteroatoms. The lowest BCUT2D eigenvalue weighted by Crippen LogP contribution is -2.50. The van der Waals surface area contributed by atoms with Crippen molar-refractivity contribution in [3.05, 3.63) is 84.0 Å². The summed E-state index contributed by atoms with van der Waals surface area (Å²) in [6.07, 6.45) is 1.77. The number of hydrogen-bond acceptors (Lipinski definition) is 1. The van der Waals surface area contributed by atoms with Crippen LogP contribution < -0.4 is 0 Å². The van der Waals surface area contributed by atoms with Gasteiger partial charge in [-0.15, -0.1) is 0 Å². The zero-order valence-corrected chi connectivity index (χ0v) is 16.8. The van der Waals surface area contributed by atoms with E-state index in [1.165, 1.54) is 0 Å². The van der Waals surface area contributed by atoms with Crippen molar-refractivity contribution < 1.29 is 18.3 Å². The highest BCUT2D eigenvalue weighted by atomic mass is 19.4. The van der Waals surface area contributed by atoms with E-state index >= 15 is 0 Å². The second-order valence-electron chi connectivity index (χ2n) is 8.49. The number of halogens is 3. The summed E-state index contributed by atoms with van der Waals surface area (Å²) in [4.78, 5) is 0. The fourth-order valence-corrected chi connectivity index (χ4v) is 4.06. The first kappa shape index (κ1) is 21.4. The molecule has 1 unspecified atom stereocenters. The maximum Gasteiger partial charge on any atom is 0.417 e. The summed E-state index contributed by atoms with van der Waals surface area (Å²) in [6.45, 7) is 3.57. The van der Waals surface area contributed by atoms with Gasteiger partial charge in [-0.1, -0.05) is 92.2 Å². The quantitative estimate of drug-likeness (QED) is 0.560. The van der Waals surface area contributed by atoms with Crippen molar-refractivity contribution in [3.8, 4) is 11.1 Å². The van der Waals surface area contributed by atoms with E-state index in [2.05, 4.69) is 0 Å². The minimum absolute atomic E-state index is 0.371. The first-order valence-electron chi connectivity index (χ1n) is 9.90. The van der Waals surface area contributed by atoms with Gasteiger partial charge in [-0.2, -0.15) is 13.2 Å². The smallest absolute Gasteiger partial charge is 0.380 e. The third-order valence-electron chi connectivity index (χ3n) is 5.70. The molecular weight excluding hydrogens is 373 g/mol. The fraction of sp³-hybridized carbons (Fsp3) is 0.360. The van der Waals surface area contributed by atoms with Crippen LogP contribution in [-0.2, 0) is 6.42 Å². The standard InChI is InChI=1S/C25H27F3O/c1-23(2,22-11-7-4-8-12-22)18-24(29,25(26,27)28)17-19-13-15-21(16-14-19)20-9-5-3-6-10-20/h3-7,9-11,13-16,29H,8,12,17-18H2,1-2H3. The lowest BCUT2D eigenvalue weighted by atomic mass is 9.71. The van der Waals surface area contributed by atoms with Gasteiger partial charge in [0.1, 0.15) is 0 Å². The Morgan fingerprint density at radius 3 is 2.07 bits per heavy atom. The third-order valence-corrected chi connectivity index (χ3v) is 5.70. The minimum Gasteiger partial charge on any atom is -0.380 e. The van der Waals surface area contributed by atoms with Gasteiger partial charge in [0, 0.05) is 6.42 Å². The van der Waals surface area contributed by atoms with Crippen molar-refractivity contribution in [2.75, 3.05) is 0 Å². The van der Waals surface area contributed by atoms with Crippen LogP contribution in [0.5, 0.6) is 0 Å². The Labute approximate surface area is 170 Å². The highest BCUT2D eigenvalue weighted by Crippen LogP contribution is 2.46. The molecule has 1 atom stereocenters. The van der Waals surface area contributed by atoms with Crippen LogP contribution >= 0.6 is 0 Å². The molecule has 0 heterocycles. The summed E-state index contributed by atoms with van der Waals surface area (Å²) >= 11 is 0. The summed E-state index contributed by atoms with van der Waals surface area (Å²) in [5.74, 6) is 0. The Morgan fingerprint density at radius 2 is 1.52 bits per heavy atom.